The maximum Gasteiger partial charge on any atom is 0.308 e. The smallest absolute Gasteiger partial charge is 0.308 e. The number of aliphatic carboxylic acids is 1. The predicted octanol–water partition coefficient (Wildman–Crippen LogP) is 3.71. The van der Waals surface area contributed by atoms with Crippen LogP contribution in [0.5, 0.6) is 5.75 Å². The molecule has 0 saturated carbocycles. The van der Waals surface area contributed by atoms with Gasteiger partial charge in [0.15, 0.2) is 0 Å². The number of hydrogen-bond donors (Lipinski definition) is 1. The van der Waals surface area contributed by atoms with Crippen molar-refractivity contribution in [3.63, 3.8) is 0 Å². The Hall–Kier alpha value is -2.53. The molecule has 2 rings (SSSR count). The van der Waals surface area contributed by atoms with Crippen molar-refractivity contribution in [3.8, 4) is 5.75 Å². The molecule has 1 amide bonds. The standard InChI is InChI=1S/C19H20ClNO4/c1-13(19(23)24)11-21(2)18(22)15-4-3-5-17(10-15)25-12-14-6-8-16(20)9-7-14/h3-10,13H,11-12H2,1-2H3,(H,23,24). The molecule has 0 aromatic heterocycles. The van der Waals surface area contributed by atoms with Crippen LogP contribution in [0.2, 0.25) is 5.02 Å². The van der Waals surface area contributed by atoms with E-state index in [0.717, 1.165) is 5.56 Å². The van der Waals surface area contributed by atoms with E-state index in [1.165, 1.54) is 4.90 Å². The third kappa shape index (κ3) is 5.50. The number of carboxylic acid groups (broad SMARTS) is 1. The van der Waals surface area contributed by atoms with Gasteiger partial charge in [-0.1, -0.05) is 36.7 Å². The quantitative estimate of drug-likeness (QED) is 0.816. The Bertz CT molecular complexity index is 745. The van der Waals surface area contributed by atoms with Gasteiger partial charge in [0.1, 0.15) is 12.4 Å². The second-order valence-corrected chi connectivity index (χ2v) is 6.30. The highest BCUT2D eigenvalue weighted by atomic mass is 35.5. The maximum atomic E-state index is 12.4. The first kappa shape index (κ1) is 18.8. The minimum atomic E-state index is -0.931. The summed E-state index contributed by atoms with van der Waals surface area (Å²) in [6, 6.07) is 14.2. The van der Waals surface area contributed by atoms with E-state index in [1.807, 2.05) is 12.1 Å². The van der Waals surface area contributed by atoms with E-state index in [4.69, 9.17) is 21.4 Å². The van der Waals surface area contributed by atoms with Gasteiger partial charge in [-0.15, -0.1) is 0 Å². The summed E-state index contributed by atoms with van der Waals surface area (Å²) in [7, 11) is 1.59. The van der Waals surface area contributed by atoms with Crippen molar-refractivity contribution in [2.45, 2.75) is 13.5 Å². The first-order chi connectivity index (χ1) is 11.9. The molecule has 0 heterocycles. The number of carbonyl (C=O) groups is 2. The fourth-order valence-corrected chi connectivity index (χ4v) is 2.38. The van der Waals surface area contributed by atoms with Crippen molar-refractivity contribution in [1.82, 2.24) is 4.90 Å². The minimum Gasteiger partial charge on any atom is -0.489 e. The summed E-state index contributed by atoms with van der Waals surface area (Å²) in [6.45, 7) is 2.07. The lowest BCUT2D eigenvalue weighted by Gasteiger charge is -2.19. The Balaban J connectivity index is 2.01. The molecule has 1 unspecified atom stereocenters. The molecule has 2 aromatic rings. The summed E-state index contributed by atoms with van der Waals surface area (Å²) in [5, 5.41) is 9.62. The Kier molecular flexibility index (Phi) is 6.42. The summed E-state index contributed by atoms with van der Waals surface area (Å²) in [5.74, 6) is -1.23. The number of carbonyl (C=O) groups excluding carboxylic acids is 1. The lowest BCUT2D eigenvalue weighted by atomic mass is 10.1. The van der Waals surface area contributed by atoms with Gasteiger partial charge < -0.3 is 14.7 Å². The zero-order valence-electron chi connectivity index (χ0n) is 14.1. The Morgan fingerprint density at radius 2 is 1.88 bits per heavy atom. The zero-order valence-corrected chi connectivity index (χ0v) is 14.9. The highest BCUT2D eigenvalue weighted by Crippen LogP contribution is 2.18. The SMILES string of the molecule is CC(CN(C)C(=O)c1cccc(OCc2ccc(Cl)cc2)c1)C(=O)O. The van der Waals surface area contributed by atoms with Crippen LogP contribution in [0.15, 0.2) is 48.5 Å². The molecular weight excluding hydrogens is 342 g/mol. The second kappa shape index (κ2) is 8.53. The van der Waals surface area contributed by atoms with Gasteiger partial charge >= 0.3 is 5.97 Å². The van der Waals surface area contributed by atoms with E-state index in [-0.39, 0.29) is 12.5 Å². The number of benzene rings is 2. The average Bonchev–Trinajstić information content (AvgIpc) is 2.60. The first-order valence-corrected chi connectivity index (χ1v) is 8.20. The molecule has 1 N–H and O–H groups in total. The fraction of sp³-hybridized carbons (Fsp3) is 0.263. The largest absolute Gasteiger partial charge is 0.489 e. The Morgan fingerprint density at radius 3 is 2.52 bits per heavy atom. The molecule has 0 spiro atoms. The van der Waals surface area contributed by atoms with Gasteiger partial charge in [-0.2, -0.15) is 0 Å². The highest BCUT2D eigenvalue weighted by Gasteiger charge is 2.18. The monoisotopic (exact) mass is 361 g/mol. The molecule has 2 aromatic carbocycles. The van der Waals surface area contributed by atoms with Crippen LogP contribution in [0.1, 0.15) is 22.8 Å². The van der Waals surface area contributed by atoms with Gasteiger partial charge in [-0.3, -0.25) is 9.59 Å². The minimum absolute atomic E-state index is 0.143. The summed E-state index contributed by atoms with van der Waals surface area (Å²) in [5.41, 5.74) is 1.42. The molecule has 132 valence electrons. The molecule has 0 saturated heterocycles. The van der Waals surface area contributed by atoms with Gasteiger partial charge in [0, 0.05) is 24.2 Å². The van der Waals surface area contributed by atoms with E-state index in [0.29, 0.717) is 22.9 Å². The van der Waals surface area contributed by atoms with Crippen molar-refractivity contribution in [3.05, 3.63) is 64.7 Å². The number of carboxylic acids is 1. The van der Waals surface area contributed by atoms with Crippen LogP contribution >= 0.6 is 11.6 Å². The zero-order chi connectivity index (χ0) is 18.4. The average molecular weight is 362 g/mol. The second-order valence-electron chi connectivity index (χ2n) is 5.87. The fourth-order valence-electron chi connectivity index (χ4n) is 2.26. The summed E-state index contributed by atoms with van der Waals surface area (Å²) in [6.07, 6.45) is 0. The number of rotatable bonds is 7. The van der Waals surface area contributed by atoms with Crippen LogP contribution in [0, 0.1) is 5.92 Å². The van der Waals surface area contributed by atoms with Gasteiger partial charge in [0.25, 0.3) is 5.91 Å². The third-order valence-corrected chi connectivity index (χ3v) is 3.97. The van der Waals surface area contributed by atoms with E-state index in [2.05, 4.69) is 0 Å². The van der Waals surface area contributed by atoms with Gasteiger partial charge in [-0.05, 0) is 35.9 Å². The normalized spacial score (nSPS) is 11.6. The molecule has 25 heavy (non-hydrogen) atoms. The van der Waals surface area contributed by atoms with Crippen LogP contribution in [0.4, 0.5) is 0 Å². The van der Waals surface area contributed by atoms with Crippen molar-refractivity contribution in [1.29, 1.82) is 0 Å². The lowest BCUT2D eigenvalue weighted by molar-refractivity contribution is -0.141. The van der Waals surface area contributed by atoms with Gasteiger partial charge in [0.2, 0.25) is 0 Å². The first-order valence-electron chi connectivity index (χ1n) is 7.82. The molecule has 0 fully saturated rings. The van der Waals surface area contributed by atoms with Crippen LogP contribution in [-0.4, -0.2) is 35.5 Å². The van der Waals surface area contributed by atoms with Crippen LogP contribution in [0.25, 0.3) is 0 Å². The van der Waals surface area contributed by atoms with Crippen molar-refractivity contribution in [2.75, 3.05) is 13.6 Å². The van der Waals surface area contributed by atoms with Crippen LogP contribution in [-0.2, 0) is 11.4 Å². The summed E-state index contributed by atoms with van der Waals surface area (Å²) < 4.78 is 5.71. The van der Waals surface area contributed by atoms with E-state index < -0.39 is 11.9 Å². The summed E-state index contributed by atoms with van der Waals surface area (Å²) in [4.78, 5) is 24.8. The Labute approximate surface area is 151 Å². The summed E-state index contributed by atoms with van der Waals surface area (Å²) >= 11 is 5.85. The van der Waals surface area contributed by atoms with Crippen molar-refractivity contribution >= 4 is 23.5 Å². The molecule has 0 bridgehead atoms. The van der Waals surface area contributed by atoms with Crippen molar-refractivity contribution < 1.29 is 19.4 Å². The topological polar surface area (TPSA) is 66.8 Å². The number of hydrogen-bond acceptors (Lipinski definition) is 3. The maximum absolute atomic E-state index is 12.4. The highest BCUT2D eigenvalue weighted by molar-refractivity contribution is 6.30. The molecule has 0 radical (unpaired) electrons. The Morgan fingerprint density at radius 1 is 1.20 bits per heavy atom. The third-order valence-electron chi connectivity index (χ3n) is 3.72. The van der Waals surface area contributed by atoms with E-state index >= 15 is 0 Å². The molecule has 0 aliphatic carbocycles. The van der Waals surface area contributed by atoms with Gasteiger partial charge in [-0.25, -0.2) is 0 Å². The molecule has 5 nitrogen and oxygen atoms in total. The van der Waals surface area contributed by atoms with E-state index in [9.17, 15) is 9.59 Å². The molecule has 0 aliphatic rings. The van der Waals surface area contributed by atoms with Gasteiger partial charge in [0.05, 0.1) is 5.92 Å². The number of nitrogens with zero attached hydrogens (tertiary/aromatic N) is 1. The predicted molar refractivity (Wildman–Crippen MR) is 96.0 cm³/mol. The van der Waals surface area contributed by atoms with Crippen LogP contribution < -0.4 is 4.74 Å². The van der Waals surface area contributed by atoms with Crippen molar-refractivity contribution in [2.24, 2.45) is 5.92 Å². The lowest BCUT2D eigenvalue weighted by Crippen LogP contribution is -2.33. The molecular formula is C19H20ClNO4. The number of amides is 1. The molecule has 6 heteroatoms. The number of ether oxygens (including phenoxy) is 1. The molecule has 1 atom stereocenters. The van der Waals surface area contributed by atoms with Crippen LogP contribution in [0.3, 0.4) is 0 Å². The molecule has 0 aliphatic heterocycles. The van der Waals surface area contributed by atoms with E-state index in [1.54, 1.807) is 50.4 Å². The number of halogens is 1.